The molecule has 0 spiro atoms. The first kappa shape index (κ1) is 10.7. The number of aryl methyl sites for hydroxylation is 1. The highest BCUT2D eigenvalue weighted by molar-refractivity contribution is 4.98. The summed E-state index contributed by atoms with van der Waals surface area (Å²) in [5.74, 6) is 0.999. The molecule has 1 N–H and O–H groups in total. The van der Waals surface area contributed by atoms with E-state index in [1.54, 1.807) is 6.20 Å². The molecular formula is C12H20N2O. The van der Waals surface area contributed by atoms with Gasteiger partial charge in [0.1, 0.15) is 5.82 Å². The summed E-state index contributed by atoms with van der Waals surface area (Å²) in [6.45, 7) is 0. The molecule has 0 amide bonds. The molecule has 1 aromatic heterocycles. The van der Waals surface area contributed by atoms with E-state index in [-0.39, 0.29) is 0 Å². The molecule has 0 bridgehead atoms. The molecule has 1 saturated carbocycles. The first-order valence-corrected chi connectivity index (χ1v) is 5.88. The minimum atomic E-state index is -0.504. The molecule has 1 fully saturated rings. The van der Waals surface area contributed by atoms with Gasteiger partial charge in [0.05, 0.1) is 5.60 Å². The van der Waals surface area contributed by atoms with Crippen LogP contribution in [0.4, 0.5) is 0 Å². The number of hydrogen-bond acceptors (Lipinski definition) is 2. The second-order valence-electron chi connectivity index (χ2n) is 4.77. The summed E-state index contributed by atoms with van der Waals surface area (Å²) in [7, 11) is 1.99. The van der Waals surface area contributed by atoms with Crippen LogP contribution in [0.5, 0.6) is 0 Å². The summed E-state index contributed by atoms with van der Waals surface area (Å²) in [6, 6.07) is 0. The lowest BCUT2D eigenvalue weighted by Crippen LogP contribution is -2.31. The van der Waals surface area contributed by atoms with Crippen LogP contribution in [-0.2, 0) is 13.5 Å². The number of hydrogen-bond donors (Lipinski definition) is 1. The maximum Gasteiger partial charge on any atom is 0.111 e. The number of rotatable bonds is 2. The van der Waals surface area contributed by atoms with Crippen LogP contribution < -0.4 is 0 Å². The molecule has 0 unspecified atom stereocenters. The van der Waals surface area contributed by atoms with Crippen molar-refractivity contribution in [2.75, 3.05) is 0 Å². The summed E-state index contributed by atoms with van der Waals surface area (Å²) in [4.78, 5) is 4.29. The summed E-state index contributed by atoms with van der Waals surface area (Å²) < 4.78 is 2.00. The van der Waals surface area contributed by atoms with Gasteiger partial charge in [-0.3, -0.25) is 0 Å². The van der Waals surface area contributed by atoms with Gasteiger partial charge in [0.2, 0.25) is 0 Å². The van der Waals surface area contributed by atoms with E-state index in [4.69, 9.17) is 0 Å². The maximum atomic E-state index is 10.5. The smallest absolute Gasteiger partial charge is 0.111 e. The van der Waals surface area contributed by atoms with Gasteiger partial charge in [-0.1, -0.05) is 25.7 Å². The number of aromatic nitrogens is 2. The lowest BCUT2D eigenvalue weighted by atomic mass is 9.90. The lowest BCUT2D eigenvalue weighted by Gasteiger charge is -2.26. The Hall–Kier alpha value is -0.830. The summed E-state index contributed by atoms with van der Waals surface area (Å²) in [5.41, 5.74) is -0.504. The third-order valence-electron chi connectivity index (χ3n) is 3.44. The first-order chi connectivity index (χ1) is 7.20. The van der Waals surface area contributed by atoms with E-state index < -0.39 is 5.60 Å². The van der Waals surface area contributed by atoms with Crippen molar-refractivity contribution in [3.8, 4) is 0 Å². The molecule has 1 aromatic rings. The van der Waals surface area contributed by atoms with Crippen LogP contribution in [0, 0.1) is 0 Å². The van der Waals surface area contributed by atoms with E-state index >= 15 is 0 Å². The van der Waals surface area contributed by atoms with Gasteiger partial charge >= 0.3 is 0 Å². The number of imidazole rings is 1. The topological polar surface area (TPSA) is 38.0 Å². The molecule has 3 nitrogen and oxygen atoms in total. The van der Waals surface area contributed by atoms with Crippen molar-refractivity contribution in [3.63, 3.8) is 0 Å². The van der Waals surface area contributed by atoms with Gasteiger partial charge in [-0.2, -0.15) is 0 Å². The van der Waals surface area contributed by atoms with Crippen LogP contribution >= 0.6 is 0 Å². The van der Waals surface area contributed by atoms with Crippen molar-refractivity contribution in [2.45, 2.75) is 50.5 Å². The summed E-state index contributed by atoms with van der Waals surface area (Å²) in [5, 5.41) is 10.5. The van der Waals surface area contributed by atoms with Crippen molar-refractivity contribution < 1.29 is 5.11 Å². The Balaban J connectivity index is 2.05. The summed E-state index contributed by atoms with van der Waals surface area (Å²) >= 11 is 0. The largest absolute Gasteiger partial charge is 0.389 e. The van der Waals surface area contributed by atoms with Crippen molar-refractivity contribution in [3.05, 3.63) is 18.2 Å². The number of nitrogens with zero attached hydrogens (tertiary/aromatic N) is 2. The van der Waals surface area contributed by atoms with Crippen LogP contribution in [0.15, 0.2) is 12.4 Å². The fourth-order valence-corrected chi connectivity index (χ4v) is 2.42. The van der Waals surface area contributed by atoms with Gasteiger partial charge in [-0.25, -0.2) is 4.98 Å². The summed E-state index contributed by atoms with van der Waals surface area (Å²) in [6.07, 6.45) is 11.1. The normalized spacial score (nSPS) is 21.2. The molecule has 0 atom stereocenters. The zero-order chi connectivity index (χ0) is 10.7. The number of aliphatic hydroxyl groups is 1. The van der Waals surface area contributed by atoms with E-state index in [1.807, 2.05) is 17.8 Å². The maximum absolute atomic E-state index is 10.5. The third-order valence-corrected chi connectivity index (χ3v) is 3.44. The second kappa shape index (κ2) is 4.35. The fraction of sp³-hybridized carbons (Fsp3) is 0.750. The van der Waals surface area contributed by atoms with Crippen LogP contribution in [0.3, 0.4) is 0 Å². The van der Waals surface area contributed by atoms with Crippen LogP contribution in [0.1, 0.15) is 44.3 Å². The Bertz CT molecular complexity index is 311. The average molecular weight is 208 g/mol. The van der Waals surface area contributed by atoms with E-state index in [2.05, 4.69) is 4.98 Å². The van der Waals surface area contributed by atoms with E-state index in [1.165, 1.54) is 12.8 Å². The molecular weight excluding hydrogens is 188 g/mol. The molecule has 2 rings (SSSR count). The highest BCUT2D eigenvalue weighted by Gasteiger charge is 2.29. The van der Waals surface area contributed by atoms with Crippen molar-refractivity contribution in [1.82, 2.24) is 9.55 Å². The zero-order valence-corrected chi connectivity index (χ0v) is 9.45. The van der Waals surface area contributed by atoms with Gasteiger partial charge < -0.3 is 9.67 Å². The highest BCUT2D eigenvalue weighted by atomic mass is 16.3. The van der Waals surface area contributed by atoms with E-state index in [0.717, 1.165) is 31.5 Å². The quantitative estimate of drug-likeness (QED) is 0.755. The van der Waals surface area contributed by atoms with Crippen LogP contribution in [0.2, 0.25) is 0 Å². The molecule has 1 heterocycles. The van der Waals surface area contributed by atoms with Crippen molar-refractivity contribution in [2.24, 2.45) is 7.05 Å². The van der Waals surface area contributed by atoms with Gasteiger partial charge in [0, 0.05) is 25.9 Å². The Morgan fingerprint density at radius 2 is 2.00 bits per heavy atom. The van der Waals surface area contributed by atoms with Gasteiger partial charge in [0.15, 0.2) is 0 Å². The first-order valence-electron chi connectivity index (χ1n) is 5.88. The lowest BCUT2D eigenvalue weighted by molar-refractivity contribution is 0.0228. The Morgan fingerprint density at radius 3 is 2.53 bits per heavy atom. The van der Waals surface area contributed by atoms with Crippen molar-refractivity contribution in [1.29, 1.82) is 0 Å². The molecule has 0 aliphatic heterocycles. The SMILES string of the molecule is Cn1ccnc1CC1(O)CCCCCC1. The highest BCUT2D eigenvalue weighted by Crippen LogP contribution is 2.29. The minimum absolute atomic E-state index is 0.504. The van der Waals surface area contributed by atoms with Crippen molar-refractivity contribution >= 4 is 0 Å². The van der Waals surface area contributed by atoms with E-state index in [9.17, 15) is 5.11 Å². The molecule has 1 aliphatic carbocycles. The Kier molecular flexibility index (Phi) is 3.10. The Labute approximate surface area is 91.1 Å². The molecule has 84 valence electrons. The second-order valence-corrected chi connectivity index (χ2v) is 4.77. The average Bonchev–Trinajstić information content (AvgIpc) is 2.48. The third kappa shape index (κ3) is 2.59. The molecule has 0 aromatic carbocycles. The van der Waals surface area contributed by atoms with E-state index in [0.29, 0.717) is 6.42 Å². The van der Waals surface area contributed by atoms with Crippen LogP contribution in [0.25, 0.3) is 0 Å². The van der Waals surface area contributed by atoms with Gasteiger partial charge in [-0.05, 0) is 12.8 Å². The molecule has 0 saturated heterocycles. The molecule has 0 radical (unpaired) electrons. The fourth-order valence-electron chi connectivity index (χ4n) is 2.42. The monoisotopic (exact) mass is 208 g/mol. The minimum Gasteiger partial charge on any atom is -0.389 e. The predicted octanol–water partition coefficient (Wildman–Crippen LogP) is 2.05. The van der Waals surface area contributed by atoms with Crippen LogP contribution in [-0.4, -0.2) is 20.3 Å². The predicted molar refractivity (Wildman–Crippen MR) is 59.6 cm³/mol. The zero-order valence-electron chi connectivity index (χ0n) is 9.45. The van der Waals surface area contributed by atoms with Gasteiger partial charge in [-0.15, -0.1) is 0 Å². The Morgan fingerprint density at radius 1 is 1.33 bits per heavy atom. The molecule has 1 aliphatic rings. The molecule has 15 heavy (non-hydrogen) atoms. The van der Waals surface area contributed by atoms with Gasteiger partial charge in [0.25, 0.3) is 0 Å². The molecule has 3 heteroatoms. The standard InChI is InChI=1S/C12H20N2O/c1-14-9-8-13-11(14)10-12(15)6-4-2-3-5-7-12/h8-9,15H,2-7,10H2,1H3.